The van der Waals surface area contributed by atoms with Crippen LogP contribution in [0.2, 0.25) is 0 Å². The molecule has 6 unspecified atom stereocenters. The van der Waals surface area contributed by atoms with E-state index in [-0.39, 0.29) is 0 Å². The minimum absolute atomic E-state index is 0.314. The van der Waals surface area contributed by atoms with Crippen molar-refractivity contribution in [2.75, 3.05) is 0 Å². The van der Waals surface area contributed by atoms with E-state index in [0.29, 0.717) is 22.8 Å². The van der Waals surface area contributed by atoms with Crippen LogP contribution in [-0.4, -0.2) is 68.1 Å². The molecule has 2 aliphatic carbocycles. The zero-order valence-electron chi connectivity index (χ0n) is 13.4. The van der Waals surface area contributed by atoms with E-state index in [2.05, 4.69) is 46.8 Å². The van der Waals surface area contributed by atoms with Crippen LogP contribution in [0.25, 0.3) is 0 Å². The average molecular weight is 332 g/mol. The SMILES string of the molecule is C=NC1=C(N(N)C2=C(N)C(N)C(N)C2N)C(N=C)C(N=C)C1N=C. The Morgan fingerprint density at radius 3 is 1.79 bits per heavy atom. The molecule has 10 nitrogen and oxygen atoms in total. The maximum absolute atomic E-state index is 6.30. The second kappa shape index (κ2) is 6.61. The molecule has 0 radical (unpaired) electrons. The zero-order valence-corrected chi connectivity index (χ0v) is 13.4. The molecule has 0 amide bonds. The lowest BCUT2D eigenvalue weighted by molar-refractivity contribution is 0.375. The minimum atomic E-state index is -0.639. The van der Waals surface area contributed by atoms with Crippen molar-refractivity contribution in [2.45, 2.75) is 36.3 Å². The monoisotopic (exact) mass is 332 g/mol. The summed E-state index contributed by atoms with van der Waals surface area (Å²) in [7, 11) is 0. The molecule has 0 saturated heterocycles. The molecule has 10 heteroatoms. The first-order valence-electron chi connectivity index (χ1n) is 7.25. The van der Waals surface area contributed by atoms with Gasteiger partial charge >= 0.3 is 0 Å². The van der Waals surface area contributed by atoms with Gasteiger partial charge in [0.05, 0.1) is 29.2 Å². The molecule has 0 aromatic rings. The standard InChI is InChI=1S/C14H24N10/c1-20-9-10(21-2)12(23-4)14(11(9)22-3)24(19)13-7(17)5(15)6(16)8(13)18/h5-7,9-11H,1-4,15-19H2. The number of hydrogen-bond donors (Lipinski definition) is 5. The van der Waals surface area contributed by atoms with Crippen molar-refractivity contribution in [1.82, 2.24) is 5.01 Å². The first-order chi connectivity index (χ1) is 11.3. The van der Waals surface area contributed by atoms with Crippen molar-refractivity contribution in [3.8, 4) is 0 Å². The van der Waals surface area contributed by atoms with E-state index in [1.807, 2.05) is 0 Å². The summed E-state index contributed by atoms with van der Waals surface area (Å²) in [6, 6.07) is -3.30. The highest BCUT2D eigenvalue weighted by Gasteiger charge is 2.47. The van der Waals surface area contributed by atoms with Crippen LogP contribution in [0.1, 0.15) is 0 Å². The Bertz CT molecular complexity index is 635. The molecule has 24 heavy (non-hydrogen) atoms. The van der Waals surface area contributed by atoms with E-state index in [9.17, 15) is 0 Å². The average Bonchev–Trinajstić information content (AvgIpc) is 3.00. The largest absolute Gasteiger partial charge is 0.399 e. The molecule has 0 saturated carbocycles. The van der Waals surface area contributed by atoms with Crippen molar-refractivity contribution in [1.29, 1.82) is 0 Å². The molecular formula is C14H24N10. The Morgan fingerprint density at radius 1 is 0.833 bits per heavy atom. The Hall–Kier alpha value is -2.40. The maximum Gasteiger partial charge on any atom is 0.118 e. The normalized spacial score (nSPS) is 36.0. The summed E-state index contributed by atoms with van der Waals surface area (Å²) in [5.41, 5.74) is 25.8. The highest BCUT2D eigenvalue weighted by atomic mass is 15.4. The number of nitrogens with two attached hydrogens (primary N) is 5. The van der Waals surface area contributed by atoms with Gasteiger partial charge in [-0.2, -0.15) is 0 Å². The second-order valence-corrected chi connectivity index (χ2v) is 5.70. The Morgan fingerprint density at radius 2 is 1.42 bits per heavy atom. The second-order valence-electron chi connectivity index (χ2n) is 5.70. The van der Waals surface area contributed by atoms with E-state index >= 15 is 0 Å². The zero-order chi connectivity index (χ0) is 18.2. The van der Waals surface area contributed by atoms with Gasteiger partial charge in [-0.05, 0) is 26.9 Å². The van der Waals surface area contributed by atoms with Crippen molar-refractivity contribution in [2.24, 2.45) is 48.7 Å². The van der Waals surface area contributed by atoms with E-state index in [1.165, 1.54) is 5.01 Å². The van der Waals surface area contributed by atoms with Crippen LogP contribution in [0.4, 0.5) is 0 Å². The van der Waals surface area contributed by atoms with Gasteiger partial charge < -0.3 is 22.9 Å². The van der Waals surface area contributed by atoms with Crippen LogP contribution in [0.3, 0.4) is 0 Å². The molecule has 0 bridgehead atoms. The Balaban J connectivity index is 2.59. The van der Waals surface area contributed by atoms with Crippen LogP contribution in [0.15, 0.2) is 42.8 Å². The summed E-state index contributed by atoms with van der Waals surface area (Å²) < 4.78 is 0. The van der Waals surface area contributed by atoms with Crippen molar-refractivity contribution < 1.29 is 0 Å². The summed E-state index contributed by atoms with van der Waals surface area (Å²) in [5, 5.41) is 1.30. The van der Waals surface area contributed by atoms with Gasteiger partial charge in [0.2, 0.25) is 0 Å². The fraction of sp³-hybridized carbons (Fsp3) is 0.429. The lowest BCUT2D eigenvalue weighted by atomic mass is 10.1. The quantitative estimate of drug-likeness (QED) is 0.203. The van der Waals surface area contributed by atoms with Crippen molar-refractivity contribution in [3.05, 3.63) is 22.8 Å². The van der Waals surface area contributed by atoms with E-state index in [0.717, 1.165) is 0 Å². The van der Waals surface area contributed by atoms with Crippen LogP contribution < -0.4 is 28.8 Å². The van der Waals surface area contributed by atoms with Gasteiger partial charge in [-0.15, -0.1) is 0 Å². The number of hydrazine groups is 1. The van der Waals surface area contributed by atoms with Gasteiger partial charge in [0.1, 0.15) is 18.1 Å². The topological polar surface area (TPSA) is 183 Å². The van der Waals surface area contributed by atoms with Gasteiger partial charge in [0, 0.05) is 11.7 Å². The predicted octanol–water partition coefficient (Wildman–Crippen LogP) is -2.54. The molecule has 130 valence electrons. The van der Waals surface area contributed by atoms with Crippen molar-refractivity contribution >= 4 is 26.9 Å². The smallest absolute Gasteiger partial charge is 0.118 e. The van der Waals surface area contributed by atoms with E-state index in [4.69, 9.17) is 28.8 Å². The highest BCUT2D eigenvalue weighted by Crippen LogP contribution is 2.38. The number of nitrogens with zero attached hydrogens (tertiary/aromatic N) is 5. The van der Waals surface area contributed by atoms with Crippen LogP contribution in [-0.2, 0) is 0 Å². The summed E-state index contributed by atoms with van der Waals surface area (Å²) in [6.45, 7) is 14.3. The van der Waals surface area contributed by atoms with Crippen molar-refractivity contribution in [3.63, 3.8) is 0 Å². The Kier molecular flexibility index (Phi) is 4.94. The molecule has 0 aromatic heterocycles. The van der Waals surface area contributed by atoms with Gasteiger partial charge in [-0.25, -0.2) is 5.84 Å². The first kappa shape index (κ1) is 17.9. The van der Waals surface area contributed by atoms with Crippen LogP contribution >= 0.6 is 0 Å². The first-order valence-corrected chi connectivity index (χ1v) is 7.25. The number of aliphatic imine (C=N–C) groups is 4. The van der Waals surface area contributed by atoms with Gasteiger partial charge in [0.25, 0.3) is 0 Å². The maximum atomic E-state index is 6.30. The molecule has 0 aromatic carbocycles. The van der Waals surface area contributed by atoms with Gasteiger partial charge in [-0.3, -0.25) is 25.0 Å². The molecule has 0 heterocycles. The lowest BCUT2D eigenvalue weighted by Gasteiger charge is -2.29. The Labute approximate surface area is 140 Å². The van der Waals surface area contributed by atoms with Gasteiger partial charge in [-0.1, -0.05) is 0 Å². The number of rotatable bonds is 6. The lowest BCUT2D eigenvalue weighted by Crippen LogP contribution is -2.51. The van der Waals surface area contributed by atoms with Crippen LogP contribution in [0, 0.1) is 0 Å². The molecule has 2 rings (SSSR count). The minimum Gasteiger partial charge on any atom is -0.399 e. The predicted molar refractivity (Wildman–Crippen MR) is 97.8 cm³/mol. The molecule has 0 spiro atoms. The summed E-state index contributed by atoms with van der Waals surface area (Å²) >= 11 is 0. The fourth-order valence-corrected chi connectivity index (χ4v) is 3.23. The molecule has 6 atom stereocenters. The molecule has 10 N–H and O–H groups in total. The highest BCUT2D eigenvalue weighted by molar-refractivity contribution is 5.48. The summed E-state index contributed by atoms with van der Waals surface area (Å²) in [5.74, 6) is 6.30. The van der Waals surface area contributed by atoms with Crippen LogP contribution in [0.5, 0.6) is 0 Å². The fourth-order valence-electron chi connectivity index (χ4n) is 3.23. The molecule has 0 aliphatic heterocycles. The third kappa shape index (κ3) is 2.36. The summed E-state index contributed by atoms with van der Waals surface area (Å²) in [6.07, 6.45) is 0. The molecule has 2 aliphatic rings. The third-order valence-electron chi connectivity index (χ3n) is 4.56. The number of hydrogen-bond acceptors (Lipinski definition) is 10. The van der Waals surface area contributed by atoms with Gasteiger partial charge in [0.15, 0.2) is 0 Å². The summed E-state index contributed by atoms with van der Waals surface area (Å²) in [4.78, 5) is 16.2. The molecular weight excluding hydrogens is 308 g/mol. The van der Waals surface area contributed by atoms with E-state index < -0.39 is 36.3 Å². The third-order valence-corrected chi connectivity index (χ3v) is 4.56. The van der Waals surface area contributed by atoms with E-state index in [1.54, 1.807) is 0 Å². The molecule has 0 fully saturated rings.